The molecule has 0 bridgehead atoms. The lowest BCUT2D eigenvalue weighted by Crippen LogP contribution is -2.32. The predicted octanol–water partition coefficient (Wildman–Crippen LogP) is 1.33. The summed E-state index contributed by atoms with van der Waals surface area (Å²) in [7, 11) is 1.75. The third-order valence-corrected chi connectivity index (χ3v) is 2.19. The van der Waals surface area contributed by atoms with Crippen molar-refractivity contribution < 1.29 is 9.53 Å². The van der Waals surface area contributed by atoms with Gasteiger partial charge in [0.05, 0.1) is 6.54 Å². The van der Waals surface area contributed by atoms with Gasteiger partial charge in [0.25, 0.3) is 0 Å². The maximum absolute atomic E-state index is 11.2. The third kappa shape index (κ3) is 4.27. The highest BCUT2D eigenvalue weighted by atomic mass is 16.6. The smallest absolute Gasteiger partial charge is 0.320 e. The number of hydrogen-bond acceptors (Lipinski definition) is 3. The second-order valence-electron chi connectivity index (χ2n) is 4.41. The van der Waals surface area contributed by atoms with Gasteiger partial charge in [-0.3, -0.25) is 4.79 Å². The van der Waals surface area contributed by atoms with Crippen molar-refractivity contribution in [2.75, 3.05) is 13.6 Å². The second kappa shape index (κ2) is 4.09. The first-order chi connectivity index (χ1) is 6.03. The molecule has 0 amide bonds. The molecule has 0 aromatic rings. The summed E-state index contributed by atoms with van der Waals surface area (Å²) in [6, 6.07) is 0. The van der Waals surface area contributed by atoms with Crippen molar-refractivity contribution in [2.45, 2.75) is 38.7 Å². The molecule has 0 aromatic heterocycles. The lowest BCUT2D eigenvalue weighted by Gasteiger charge is -2.24. The van der Waals surface area contributed by atoms with Gasteiger partial charge in [-0.05, 0) is 33.2 Å². The SMILES string of the molecule is CNCC(=O)OC(C)(C)CC1CC1. The molecule has 0 atom stereocenters. The molecular weight excluding hydrogens is 166 g/mol. The maximum atomic E-state index is 11.2. The number of rotatable bonds is 5. The first kappa shape index (κ1) is 10.5. The predicted molar refractivity (Wildman–Crippen MR) is 51.4 cm³/mol. The van der Waals surface area contributed by atoms with Gasteiger partial charge < -0.3 is 10.1 Å². The highest BCUT2D eigenvalue weighted by Crippen LogP contribution is 2.37. The van der Waals surface area contributed by atoms with Crippen LogP contribution in [0, 0.1) is 5.92 Å². The van der Waals surface area contributed by atoms with Gasteiger partial charge in [0.2, 0.25) is 0 Å². The zero-order valence-corrected chi connectivity index (χ0v) is 8.72. The summed E-state index contributed by atoms with van der Waals surface area (Å²) in [4.78, 5) is 11.2. The zero-order chi connectivity index (χ0) is 9.90. The minimum Gasteiger partial charge on any atom is -0.459 e. The summed E-state index contributed by atoms with van der Waals surface area (Å²) in [5.41, 5.74) is -0.283. The molecular formula is C10H19NO2. The van der Waals surface area contributed by atoms with Crippen LogP contribution in [-0.2, 0) is 9.53 Å². The molecule has 1 fully saturated rings. The maximum Gasteiger partial charge on any atom is 0.320 e. The summed E-state index contributed by atoms with van der Waals surface area (Å²) < 4.78 is 5.33. The number of likely N-dealkylation sites (N-methyl/N-ethyl adjacent to an activating group) is 1. The number of carbonyl (C=O) groups is 1. The molecule has 1 rings (SSSR count). The van der Waals surface area contributed by atoms with Gasteiger partial charge in [-0.15, -0.1) is 0 Å². The molecule has 0 aliphatic heterocycles. The van der Waals surface area contributed by atoms with Crippen LogP contribution in [0.15, 0.2) is 0 Å². The van der Waals surface area contributed by atoms with Crippen LogP contribution < -0.4 is 5.32 Å². The van der Waals surface area contributed by atoms with E-state index in [1.807, 2.05) is 13.8 Å². The van der Waals surface area contributed by atoms with Crippen LogP contribution in [0.5, 0.6) is 0 Å². The topological polar surface area (TPSA) is 38.3 Å². The van der Waals surface area contributed by atoms with Gasteiger partial charge in [-0.25, -0.2) is 0 Å². The fraction of sp³-hybridized carbons (Fsp3) is 0.900. The summed E-state index contributed by atoms with van der Waals surface area (Å²) in [5, 5.41) is 2.78. The molecule has 3 nitrogen and oxygen atoms in total. The quantitative estimate of drug-likeness (QED) is 0.657. The van der Waals surface area contributed by atoms with E-state index in [9.17, 15) is 4.79 Å². The van der Waals surface area contributed by atoms with Crippen LogP contribution in [0.3, 0.4) is 0 Å². The van der Waals surface area contributed by atoms with E-state index >= 15 is 0 Å². The molecule has 13 heavy (non-hydrogen) atoms. The van der Waals surface area contributed by atoms with Crippen LogP contribution in [-0.4, -0.2) is 25.2 Å². The zero-order valence-electron chi connectivity index (χ0n) is 8.72. The second-order valence-corrected chi connectivity index (χ2v) is 4.41. The highest BCUT2D eigenvalue weighted by molar-refractivity contribution is 5.72. The van der Waals surface area contributed by atoms with Gasteiger partial charge >= 0.3 is 5.97 Å². The van der Waals surface area contributed by atoms with E-state index in [0.717, 1.165) is 12.3 Å². The fourth-order valence-electron chi connectivity index (χ4n) is 1.55. The van der Waals surface area contributed by atoms with Gasteiger partial charge in [0.1, 0.15) is 5.60 Å². The highest BCUT2D eigenvalue weighted by Gasteiger charge is 2.32. The number of carbonyl (C=O) groups excluding carboxylic acids is 1. The van der Waals surface area contributed by atoms with Crippen molar-refractivity contribution in [1.82, 2.24) is 5.32 Å². The minimum atomic E-state index is -0.283. The van der Waals surface area contributed by atoms with Crippen molar-refractivity contribution in [2.24, 2.45) is 5.92 Å². The van der Waals surface area contributed by atoms with E-state index < -0.39 is 0 Å². The van der Waals surface area contributed by atoms with Gasteiger partial charge in [0, 0.05) is 0 Å². The molecule has 0 saturated heterocycles. The number of esters is 1. The van der Waals surface area contributed by atoms with E-state index in [0.29, 0.717) is 6.54 Å². The fourth-order valence-corrected chi connectivity index (χ4v) is 1.55. The molecule has 0 aromatic carbocycles. The summed E-state index contributed by atoms with van der Waals surface area (Å²) in [6.45, 7) is 4.27. The molecule has 0 heterocycles. The molecule has 1 aliphatic carbocycles. The first-order valence-electron chi connectivity index (χ1n) is 4.90. The Morgan fingerprint density at radius 2 is 2.15 bits per heavy atom. The van der Waals surface area contributed by atoms with Crippen molar-refractivity contribution in [1.29, 1.82) is 0 Å². The molecule has 1 aliphatic rings. The van der Waals surface area contributed by atoms with E-state index in [4.69, 9.17) is 4.74 Å². The lowest BCUT2D eigenvalue weighted by atomic mass is 10.0. The van der Waals surface area contributed by atoms with Crippen molar-refractivity contribution in [3.8, 4) is 0 Å². The first-order valence-corrected chi connectivity index (χ1v) is 4.90. The van der Waals surface area contributed by atoms with Crippen LogP contribution in [0.25, 0.3) is 0 Å². The molecule has 0 spiro atoms. The summed E-state index contributed by atoms with van der Waals surface area (Å²) in [6.07, 6.45) is 3.60. The van der Waals surface area contributed by atoms with Crippen LogP contribution >= 0.6 is 0 Å². The Morgan fingerprint density at radius 3 is 2.62 bits per heavy atom. The van der Waals surface area contributed by atoms with Crippen molar-refractivity contribution in [3.05, 3.63) is 0 Å². The number of ether oxygens (including phenoxy) is 1. The monoisotopic (exact) mass is 185 g/mol. The van der Waals surface area contributed by atoms with Crippen LogP contribution in [0.4, 0.5) is 0 Å². The minimum absolute atomic E-state index is 0.159. The molecule has 1 saturated carbocycles. The van der Waals surface area contributed by atoms with E-state index in [1.54, 1.807) is 7.05 Å². The van der Waals surface area contributed by atoms with Gasteiger partial charge in [-0.2, -0.15) is 0 Å². The Kier molecular flexibility index (Phi) is 3.31. The molecule has 0 unspecified atom stereocenters. The third-order valence-electron chi connectivity index (χ3n) is 2.19. The van der Waals surface area contributed by atoms with Crippen molar-refractivity contribution in [3.63, 3.8) is 0 Å². The average Bonchev–Trinajstić information content (AvgIpc) is 2.69. The Labute approximate surface area is 79.8 Å². The Hall–Kier alpha value is -0.570. The molecule has 0 radical (unpaired) electrons. The Morgan fingerprint density at radius 1 is 1.54 bits per heavy atom. The largest absolute Gasteiger partial charge is 0.459 e. The standard InChI is InChI=1S/C10H19NO2/c1-10(2,6-8-4-5-8)13-9(12)7-11-3/h8,11H,4-7H2,1-3H3. The summed E-state index contributed by atoms with van der Waals surface area (Å²) >= 11 is 0. The number of hydrogen-bond donors (Lipinski definition) is 1. The molecule has 3 heteroatoms. The van der Waals surface area contributed by atoms with Crippen molar-refractivity contribution >= 4 is 5.97 Å². The Bertz CT molecular complexity index is 185. The van der Waals surface area contributed by atoms with Gasteiger partial charge in [0.15, 0.2) is 0 Å². The average molecular weight is 185 g/mol. The Balaban J connectivity index is 2.26. The van der Waals surface area contributed by atoms with E-state index in [1.165, 1.54) is 12.8 Å². The normalized spacial score (nSPS) is 17.2. The van der Waals surface area contributed by atoms with Gasteiger partial charge in [-0.1, -0.05) is 12.8 Å². The van der Waals surface area contributed by atoms with E-state index in [2.05, 4.69) is 5.32 Å². The molecule has 76 valence electrons. The van der Waals surface area contributed by atoms with E-state index in [-0.39, 0.29) is 11.6 Å². The molecule has 1 N–H and O–H groups in total. The lowest BCUT2D eigenvalue weighted by molar-refractivity contribution is -0.156. The summed E-state index contributed by atoms with van der Waals surface area (Å²) in [5.74, 6) is 0.630. The van der Waals surface area contributed by atoms with Crippen LogP contribution in [0.2, 0.25) is 0 Å². The number of nitrogens with one attached hydrogen (secondary N) is 1. The van der Waals surface area contributed by atoms with Crippen LogP contribution in [0.1, 0.15) is 33.1 Å².